The van der Waals surface area contributed by atoms with Crippen molar-refractivity contribution in [1.82, 2.24) is 4.57 Å². The molecular formula is C16H15FN2O4. The van der Waals surface area contributed by atoms with Crippen LogP contribution in [0.3, 0.4) is 0 Å². The Labute approximate surface area is 130 Å². The van der Waals surface area contributed by atoms with Crippen LogP contribution >= 0.6 is 0 Å². The number of aromatic nitrogens is 1. The number of nitrogens with zero attached hydrogens (tertiary/aromatic N) is 1. The van der Waals surface area contributed by atoms with Crippen molar-refractivity contribution in [2.45, 2.75) is 32.7 Å². The Morgan fingerprint density at radius 1 is 1.43 bits per heavy atom. The number of pyridine rings is 1. The minimum Gasteiger partial charge on any atom is -0.477 e. The maximum atomic E-state index is 14.4. The highest BCUT2D eigenvalue weighted by molar-refractivity contribution is 5.98. The minimum atomic E-state index is -1.34. The molecule has 1 amide bonds. The van der Waals surface area contributed by atoms with Crippen LogP contribution in [0.4, 0.5) is 10.1 Å². The Morgan fingerprint density at radius 3 is 2.74 bits per heavy atom. The molecule has 0 spiro atoms. The van der Waals surface area contributed by atoms with Gasteiger partial charge in [0.25, 0.3) is 0 Å². The van der Waals surface area contributed by atoms with Crippen molar-refractivity contribution in [2.75, 3.05) is 5.32 Å². The lowest BCUT2D eigenvalue weighted by atomic mass is 9.94. The zero-order chi connectivity index (χ0) is 16.9. The maximum absolute atomic E-state index is 14.4. The number of hydrogen-bond acceptors (Lipinski definition) is 3. The molecule has 0 radical (unpaired) electrons. The van der Waals surface area contributed by atoms with E-state index in [9.17, 15) is 23.9 Å². The number of aryl methyl sites for hydroxylation is 1. The van der Waals surface area contributed by atoms with Crippen LogP contribution in [0.5, 0.6) is 0 Å². The van der Waals surface area contributed by atoms with Gasteiger partial charge in [-0.3, -0.25) is 9.59 Å². The van der Waals surface area contributed by atoms with E-state index in [4.69, 9.17) is 0 Å². The van der Waals surface area contributed by atoms with Gasteiger partial charge in [-0.25, -0.2) is 9.18 Å². The number of rotatable bonds is 2. The van der Waals surface area contributed by atoms with Crippen LogP contribution in [0, 0.1) is 5.82 Å². The second-order valence-electron chi connectivity index (χ2n) is 5.76. The molecule has 0 bridgehead atoms. The molecule has 120 valence electrons. The Kier molecular flexibility index (Phi) is 3.43. The number of carboxylic acids is 1. The molecule has 1 atom stereocenters. The first-order valence-corrected chi connectivity index (χ1v) is 7.22. The van der Waals surface area contributed by atoms with Gasteiger partial charge < -0.3 is 15.0 Å². The molecule has 2 N–H and O–H groups in total. The predicted molar refractivity (Wildman–Crippen MR) is 82.5 cm³/mol. The van der Waals surface area contributed by atoms with Gasteiger partial charge in [-0.1, -0.05) is 0 Å². The third kappa shape index (κ3) is 2.28. The van der Waals surface area contributed by atoms with E-state index in [1.807, 2.05) is 6.92 Å². The largest absolute Gasteiger partial charge is 0.477 e. The fourth-order valence-corrected chi connectivity index (χ4v) is 3.11. The zero-order valence-electron chi connectivity index (χ0n) is 12.6. The summed E-state index contributed by atoms with van der Waals surface area (Å²) < 4.78 is 16.1. The van der Waals surface area contributed by atoms with Crippen LogP contribution in [0.25, 0.3) is 10.9 Å². The fourth-order valence-electron chi connectivity index (χ4n) is 3.11. The number of halogens is 1. The van der Waals surface area contributed by atoms with Crippen molar-refractivity contribution >= 4 is 28.5 Å². The lowest BCUT2D eigenvalue weighted by molar-refractivity contribution is -0.114. The van der Waals surface area contributed by atoms with Crippen LogP contribution in [-0.2, 0) is 11.2 Å². The molecule has 1 unspecified atom stereocenters. The van der Waals surface area contributed by atoms with Crippen molar-refractivity contribution in [1.29, 1.82) is 0 Å². The molecule has 2 aromatic rings. The fraction of sp³-hybridized carbons (Fsp3) is 0.312. The topological polar surface area (TPSA) is 88.4 Å². The van der Waals surface area contributed by atoms with Gasteiger partial charge in [0.15, 0.2) is 0 Å². The summed E-state index contributed by atoms with van der Waals surface area (Å²) in [5.41, 5.74) is -0.0179. The first kappa shape index (κ1) is 15.2. The summed E-state index contributed by atoms with van der Waals surface area (Å²) in [6.45, 7) is 3.18. The number of hydrogen-bond donors (Lipinski definition) is 2. The van der Waals surface area contributed by atoms with Crippen molar-refractivity contribution in [3.05, 3.63) is 39.4 Å². The molecule has 23 heavy (non-hydrogen) atoms. The number of anilines is 1. The Hall–Kier alpha value is -2.70. The van der Waals surface area contributed by atoms with Crippen molar-refractivity contribution in [2.24, 2.45) is 0 Å². The quantitative estimate of drug-likeness (QED) is 0.889. The zero-order valence-corrected chi connectivity index (χ0v) is 12.6. The molecule has 0 aliphatic carbocycles. The monoisotopic (exact) mass is 318 g/mol. The van der Waals surface area contributed by atoms with E-state index in [1.54, 1.807) is 4.57 Å². The molecule has 6 nitrogen and oxygen atoms in total. The van der Waals surface area contributed by atoms with Crippen LogP contribution in [0.15, 0.2) is 17.1 Å². The highest BCUT2D eigenvalue weighted by Crippen LogP contribution is 2.36. The summed E-state index contributed by atoms with van der Waals surface area (Å²) in [6, 6.07) is 0.979. The first-order valence-electron chi connectivity index (χ1n) is 7.22. The predicted octanol–water partition coefficient (Wildman–Crippen LogP) is 2.30. The highest BCUT2D eigenvalue weighted by Gasteiger charge is 2.26. The van der Waals surface area contributed by atoms with Crippen LogP contribution in [0.1, 0.15) is 42.2 Å². The summed E-state index contributed by atoms with van der Waals surface area (Å²) in [7, 11) is 0. The normalized spacial score (nSPS) is 16.4. The lowest BCUT2D eigenvalue weighted by Crippen LogP contribution is -2.25. The van der Waals surface area contributed by atoms with E-state index in [2.05, 4.69) is 5.32 Å². The van der Waals surface area contributed by atoms with Crippen molar-refractivity contribution < 1.29 is 19.1 Å². The summed E-state index contributed by atoms with van der Waals surface area (Å²) >= 11 is 0. The summed E-state index contributed by atoms with van der Waals surface area (Å²) in [5.74, 6) is -2.48. The number of aromatic carboxylic acids is 1. The number of carbonyl (C=O) groups is 2. The Morgan fingerprint density at radius 2 is 2.13 bits per heavy atom. The van der Waals surface area contributed by atoms with E-state index < -0.39 is 23.1 Å². The lowest BCUT2D eigenvalue weighted by Gasteiger charge is -2.28. The number of amides is 1. The molecule has 0 saturated carbocycles. The average Bonchev–Trinajstić information content (AvgIpc) is 2.46. The number of carboxylic acid groups (broad SMARTS) is 1. The van der Waals surface area contributed by atoms with Gasteiger partial charge in [-0.2, -0.15) is 0 Å². The molecule has 7 heteroatoms. The van der Waals surface area contributed by atoms with Gasteiger partial charge in [0.2, 0.25) is 11.3 Å². The summed E-state index contributed by atoms with van der Waals surface area (Å²) in [5, 5.41) is 11.7. The van der Waals surface area contributed by atoms with E-state index >= 15 is 0 Å². The van der Waals surface area contributed by atoms with E-state index in [1.165, 1.54) is 13.1 Å². The smallest absolute Gasteiger partial charge is 0.341 e. The molecule has 3 rings (SSSR count). The Balaban J connectivity index is 2.47. The summed E-state index contributed by atoms with van der Waals surface area (Å²) in [4.78, 5) is 35.0. The molecule has 2 heterocycles. The van der Waals surface area contributed by atoms with Gasteiger partial charge >= 0.3 is 5.97 Å². The maximum Gasteiger partial charge on any atom is 0.341 e. The minimum absolute atomic E-state index is 0.0260. The van der Waals surface area contributed by atoms with Gasteiger partial charge in [-0.15, -0.1) is 0 Å². The van der Waals surface area contributed by atoms with Crippen molar-refractivity contribution in [3.8, 4) is 0 Å². The van der Waals surface area contributed by atoms with E-state index in [0.29, 0.717) is 23.9 Å². The molecule has 0 saturated heterocycles. The summed E-state index contributed by atoms with van der Waals surface area (Å²) in [6.07, 6.45) is 2.45. The van der Waals surface area contributed by atoms with Gasteiger partial charge in [-0.05, 0) is 25.8 Å². The highest BCUT2D eigenvalue weighted by atomic mass is 19.1. The van der Waals surface area contributed by atoms with Gasteiger partial charge in [0.1, 0.15) is 11.4 Å². The molecular weight excluding hydrogens is 303 g/mol. The first-order chi connectivity index (χ1) is 10.8. The molecule has 1 aliphatic rings. The Bertz CT molecular complexity index is 917. The second kappa shape index (κ2) is 5.19. The standard InChI is InChI=1S/C16H15FN2O4/c1-7-3-4-9-13(18-8(2)20)12(17)5-10-14(9)19(7)6-11(15(10)21)16(22)23/h5-7H,3-4H2,1-2H3,(H,18,20)(H,22,23). The van der Waals surface area contributed by atoms with E-state index in [-0.39, 0.29) is 22.7 Å². The number of nitrogens with one attached hydrogen (secondary N) is 1. The molecule has 1 aromatic heterocycles. The van der Waals surface area contributed by atoms with Crippen LogP contribution < -0.4 is 10.7 Å². The third-order valence-electron chi connectivity index (χ3n) is 4.19. The number of benzene rings is 1. The molecule has 0 fully saturated rings. The average molecular weight is 318 g/mol. The van der Waals surface area contributed by atoms with Gasteiger partial charge in [0.05, 0.1) is 11.2 Å². The van der Waals surface area contributed by atoms with Crippen LogP contribution in [-0.4, -0.2) is 21.6 Å². The molecule has 1 aliphatic heterocycles. The number of carbonyl (C=O) groups excluding carboxylic acids is 1. The van der Waals surface area contributed by atoms with Crippen molar-refractivity contribution in [3.63, 3.8) is 0 Å². The van der Waals surface area contributed by atoms with E-state index in [0.717, 1.165) is 6.07 Å². The van der Waals surface area contributed by atoms with Gasteiger partial charge in [0, 0.05) is 30.1 Å². The third-order valence-corrected chi connectivity index (χ3v) is 4.19. The SMILES string of the molecule is CC(=O)Nc1c(F)cc2c(=O)c(C(=O)O)cn3c2c1CCC3C. The second-order valence-corrected chi connectivity index (χ2v) is 5.76. The van der Waals surface area contributed by atoms with Crippen LogP contribution in [0.2, 0.25) is 0 Å². The molecule has 1 aromatic carbocycles.